The van der Waals surface area contributed by atoms with Gasteiger partial charge in [0, 0.05) is 11.1 Å². The Morgan fingerprint density at radius 3 is 2.31 bits per heavy atom. The minimum atomic E-state index is -0.409. The molecule has 0 fully saturated rings. The molecule has 2 N–H and O–H groups in total. The second-order valence-corrected chi connectivity index (χ2v) is 5.95. The van der Waals surface area contributed by atoms with Crippen molar-refractivity contribution in [3.63, 3.8) is 0 Å². The van der Waals surface area contributed by atoms with Crippen LogP contribution < -0.4 is 16.4 Å². The maximum absolute atomic E-state index is 12.5. The molecule has 3 aromatic carbocycles. The van der Waals surface area contributed by atoms with E-state index in [4.69, 9.17) is 0 Å². The second kappa shape index (κ2) is 6.33. The van der Waals surface area contributed by atoms with Gasteiger partial charge in [-0.1, -0.05) is 48.5 Å². The summed E-state index contributed by atoms with van der Waals surface area (Å²) in [6.45, 7) is -0.276. The predicted octanol–water partition coefficient (Wildman–Crippen LogP) is 2.48. The first-order valence-corrected chi connectivity index (χ1v) is 8.13. The molecule has 0 bridgehead atoms. The number of hydrogen-bond acceptors (Lipinski definition) is 3. The number of H-pyrrole nitrogens is 1. The molecule has 6 nitrogen and oxygen atoms in total. The van der Waals surface area contributed by atoms with Crippen LogP contribution in [0.3, 0.4) is 0 Å². The molecule has 1 heterocycles. The number of nitrogens with zero attached hydrogens (tertiary/aromatic N) is 1. The smallest absolute Gasteiger partial charge is 0.273 e. The molecule has 0 saturated heterocycles. The number of benzene rings is 3. The Hall–Kier alpha value is -3.67. The van der Waals surface area contributed by atoms with Crippen molar-refractivity contribution in [2.24, 2.45) is 0 Å². The van der Waals surface area contributed by atoms with Crippen molar-refractivity contribution < 1.29 is 4.79 Å². The van der Waals surface area contributed by atoms with Gasteiger partial charge >= 0.3 is 0 Å². The van der Waals surface area contributed by atoms with Crippen molar-refractivity contribution in [2.45, 2.75) is 6.54 Å². The lowest BCUT2D eigenvalue weighted by atomic mass is 10.1. The summed E-state index contributed by atoms with van der Waals surface area (Å²) < 4.78 is 1.03. The first kappa shape index (κ1) is 15.8. The Kier molecular flexibility index (Phi) is 3.85. The van der Waals surface area contributed by atoms with Gasteiger partial charge in [0.05, 0.1) is 10.8 Å². The molecular weight excluding hydrogens is 330 g/mol. The van der Waals surface area contributed by atoms with E-state index in [0.29, 0.717) is 11.1 Å². The summed E-state index contributed by atoms with van der Waals surface area (Å²) in [7, 11) is 0. The highest BCUT2D eigenvalue weighted by atomic mass is 16.2. The van der Waals surface area contributed by atoms with Gasteiger partial charge in [0.25, 0.3) is 11.1 Å². The Morgan fingerprint density at radius 2 is 1.50 bits per heavy atom. The minimum absolute atomic E-state index is 0.276. The van der Waals surface area contributed by atoms with E-state index in [1.165, 1.54) is 0 Å². The van der Waals surface area contributed by atoms with Crippen LogP contribution in [-0.4, -0.2) is 15.7 Å². The van der Waals surface area contributed by atoms with Crippen molar-refractivity contribution in [1.29, 1.82) is 0 Å². The van der Waals surface area contributed by atoms with Gasteiger partial charge in [-0.25, -0.2) is 4.68 Å². The number of hydrogen-bond donors (Lipinski definition) is 2. The number of nitrogens with one attached hydrogen (secondary N) is 2. The highest BCUT2D eigenvalue weighted by Crippen LogP contribution is 2.22. The van der Waals surface area contributed by atoms with Crippen LogP contribution in [0.15, 0.2) is 76.3 Å². The minimum Gasteiger partial charge on any atom is -0.324 e. The summed E-state index contributed by atoms with van der Waals surface area (Å²) in [6, 6.07) is 19.8. The van der Waals surface area contributed by atoms with E-state index in [0.717, 1.165) is 15.5 Å². The third-order valence-electron chi connectivity index (χ3n) is 4.25. The van der Waals surface area contributed by atoms with Crippen molar-refractivity contribution in [1.82, 2.24) is 9.78 Å². The number of anilines is 1. The summed E-state index contributed by atoms with van der Waals surface area (Å²) in [5, 5.41) is 7.77. The quantitative estimate of drug-likeness (QED) is 0.598. The third kappa shape index (κ3) is 2.77. The summed E-state index contributed by atoms with van der Waals surface area (Å²) in [4.78, 5) is 37.0. The van der Waals surface area contributed by atoms with E-state index in [1.807, 2.05) is 36.4 Å². The number of amides is 1. The molecule has 0 aliphatic rings. The van der Waals surface area contributed by atoms with Crippen LogP contribution >= 0.6 is 0 Å². The van der Waals surface area contributed by atoms with E-state index in [9.17, 15) is 14.4 Å². The topological polar surface area (TPSA) is 84.0 Å². The van der Waals surface area contributed by atoms with Crippen LogP contribution in [0.5, 0.6) is 0 Å². The molecule has 4 aromatic rings. The maximum Gasteiger partial charge on any atom is 0.273 e. The van der Waals surface area contributed by atoms with Crippen LogP contribution in [0.25, 0.3) is 21.5 Å². The van der Waals surface area contributed by atoms with E-state index < -0.39 is 17.0 Å². The van der Waals surface area contributed by atoms with Gasteiger partial charge in [-0.05, 0) is 23.6 Å². The fraction of sp³-hybridized carbons (Fsp3) is 0.0500. The Labute approximate surface area is 147 Å². The molecule has 0 spiro atoms. The number of aromatic amines is 1. The monoisotopic (exact) mass is 345 g/mol. The van der Waals surface area contributed by atoms with Crippen molar-refractivity contribution in [2.75, 3.05) is 5.32 Å². The van der Waals surface area contributed by atoms with Gasteiger partial charge in [0.15, 0.2) is 0 Å². The molecule has 0 unspecified atom stereocenters. The number of carbonyl (C=O) groups excluding carboxylic acids is 1. The summed E-state index contributed by atoms with van der Waals surface area (Å²) in [6.07, 6.45) is 0. The Bertz CT molecular complexity index is 1250. The van der Waals surface area contributed by atoms with Gasteiger partial charge in [-0.3, -0.25) is 19.5 Å². The van der Waals surface area contributed by atoms with Gasteiger partial charge in [0.2, 0.25) is 5.91 Å². The molecule has 0 saturated carbocycles. The molecule has 0 radical (unpaired) electrons. The molecule has 0 atom stereocenters. The molecule has 1 aromatic heterocycles. The zero-order valence-corrected chi connectivity index (χ0v) is 13.7. The van der Waals surface area contributed by atoms with Crippen LogP contribution in [0.4, 0.5) is 5.69 Å². The molecule has 6 heteroatoms. The molecular formula is C20H15N3O3. The van der Waals surface area contributed by atoms with E-state index >= 15 is 0 Å². The highest BCUT2D eigenvalue weighted by Gasteiger charge is 2.11. The van der Waals surface area contributed by atoms with Crippen molar-refractivity contribution in [3.05, 3.63) is 87.4 Å². The predicted molar refractivity (Wildman–Crippen MR) is 101 cm³/mol. The molecule has 4 rings (SSSR count). The second-order valence-electron chi connectivity index (χ2n) is 5.95. The first-order valence-electron chi connectivity index (χ1n) is 8.13. The first-order chi connectivity index (χ1) is 12.6. The van der Waals surface area contributed by atoms with Gasteiger partial charge in [0.1, 0.15) is 6.54 Å². The lowest BCUT2D eigenvalue weighted by Crippen LogP contribution is -2.34. The van der Waals surface area contributed by atoms with Crippen LogP contribution in [0.2, 0.25) is 0 Å². The van der Waals surface area contributed by atoms with E-state index in [2.05, 4.69) is 10.4 Å². The lowest BCUT2D eigenvalue weighted by molar-refractivity contribution is -0.117. The maximum atomic E-state index is 12.5. The zero-order valence-electron chi connectivity index (χ0n) is 13.7. The van der Waals surface area contributed by atoms with Crippen LogP contribution in [-0.2, 0) is 11.3 Å². The number of fused-ring (bicyclic) bond motifs is 2. The normalized spacial score (nSPS) is 10.9. The fourth-order valence-electron chi connectivity index (χ4n) is 3.03. The fourth-order valence-corrected chi connectivity index (χ4v) is 3.03. The average molecular weight is 345 g/mol. The number of carbonyl (C=O) groups is 1. The summed E-state index contributed by atoms with van der Waals surface area (Å²) in [5.74, 6) is -0.394. The number of aromatic nitrogens is 2. The Balaban J connectivity index is 1.67. The Morgan fingerprint density at radius 1 is 0.846 bits per heavy atom. The van der Waals surface area contributed by atoms with Crippen LogP contribution in [0.1, 0.15) is 0 Å². The lowest BCUT2D eigenvalue weighted by Gasteiger charge is -2.10. The highest BCUT2D eigenvalue weighted by molar-refractivity contribution is 6.02. The molecule has 128 valence electrons. The zero-order chi connectivity index (χ0) is 18.1. The van der Waals surface area contributed by atoms with Gasteiger partial charge in [-0.2, -0.15) is 0 Å². The van der Waals surface area contributed by atoms with Crippen molar-refractivity contribution >= 4 is 33.1 Å². The van der Waals surface area contributed by atoms with Gasteiger partial charge < -0.3 is 5.32 Å². The standard InChI is InChI=1S/C20H15N3O3/c24-18(21-17-11-5-7-13-6-1-2-8-14(13)17)12-23-20(26)16-10-4-3-9-15(16)19(25)22-23/h1-11H,12H2,(H,21,24)(H,22,25). The molecule has 26 heavy (non-hydrogen) atoms. The third-order valence-corrected chi connectivity index (χ3v) is 4.25. The number of rotatable bonds is 3. The summed E-state index contributed by atoms with van der Waals surface area (Å²) in [5.41, 5.74) is -0.157. The van der Waals surface area contributed by atoms with Gasteiger partial charge in [-0.15, -0.1) is 0 Å². The molecule has 0 aliphatic heterocycles. The van der Waals surface area contributed by atoms with E-state index in [1.54, 1.807) is 30.3 Å². The SMILES string of the molecule is O=C(Cn1[nH]c(=O)c2ccccc2c1=O)Nc1cccc2ccccc12. The molecule has 0 aliphatic carbocycles. The van der Waals surface area contributed by atoms with E-state index in [-0.39, 0.29) is 11.9 Å². The average Bonchev–Trinajstić information content (AvgIpc) is 2.66. The molecule has 1 amide bonds. The summed E-state index contributed by atoms with van der Waals surface area (Å²) >= 11 is 0. The largest absolute Gasteiger partial charge is 0.324 e. The van der Waals surface area contributed by atoms with Crippen LogP contribution in [0, 0.1) is 0 Å². The van der Waals surface area contributed by atoms with Crippen molar-refractivity contribution in [3.8, 4) is 0 Å².